The minimum Gasteiger partial charge on any atom is -0.378 e. The molecule has 3 heterocycles. The molecule has 0 spiro atoms. The van der Waals surface area contributed by atoms with Gasteiger partial charge in [0.1, 0.15) is 5.69 Å². The van der Waals surface area contributed by atoms with E-state index in [-0.39, 0.29) is 11.8 Å². The molecule has 3 aromatic rings. The van der Waals surface area contributed by atoms with Crippen LogP contribution in [0.4, 0.5) is 5.69 Å². The van der Waals surface area contributed by atoms with Gasteiger partial charge in [-0.15, -0.1) is 0 Å². The van der Waals surface area contributed by atoms with Crippen LogP contribution in [0.15, 0.2) is 47.3 Å². The third kappa shape index (κ3) is 4.86. The van der Waals surface area contributed by atoms with E-state index in [2.05, 4.69) is 31.4 Å². The van der Waals surface area contributed by atoms with Crippen molar-refractivity contribution in [3.05, 3.63) is 64.1 Å². The SMILES string of the molecule is CCn1ncc(NC(=O)c2cccc(Cn3cc(Br)cn3)c2)c1C(=O)N1CCOCC1. The minimum atomic E-state index is -0.296. The molecule has 10 heteroatoms. The molecule has 31 heavy (non-hydrogen) atoms. The number of nitrogens with zero attached hydrogens (tertiary/aromatic N) is 5. The van der Waals surface area contributed by atoms with Gasteiger partial charge in [-0.3, -0.25) is 19.0 Å². The molecule has 0 radical (unpaired) electrons. The van der Waals surface area contributed by atoms with E-state index >= 15 is 0 Å². The van der Waals surface area contributed by atoms with Crippen molar-refractivity contribution in [2.24, 2.45) is 0 Å². The Morgan fingerprint density at radius 3 is 2.71 bits per heavy atom. The second kappa shape index (κ2) is 9.44. The Hall–Kier alpha value is -2.98. The van der Waals surface area contributed by atoms with E-state index < -0.39 is 0 Å². The van der Waals surface area contributed by atoms with Crippen molar-refractivity contribution in [2.45, 2.75) is 20.0 Å². The van der Waals surface area contributed by atoms with Crippen LogP contribution in [0.25, 0.3) is 0 Å². The summed E-state index contributed by atoms with van der Waals surface area (Å²) in [6.07, 6.45) is 5.12. The molecule has 0 aliphatic carbocycles. The van der Waals surface area contributed by atoms with Gasteiger partial charge in [0.25, 0.3) is 11.8 Å². The van der Waals surface area contributed by atoms with Gasteiger partial charge in [0, 0.05) is 31.4 Å². The van der Waals surface area contributed by atoms with Crippen molar-refractivity contribution < 1.29 is 14.3 Å². The fraction of sp³-hybridized carbons (Fsp3) is 0.333. The van der Waals surface area contributed by atoms with Gasteiger partial charge in [0.05, 0.1) is 42.3 Å². The van der Waals surface area contributed by atoms with E-state index in [0.717, 1.165) is 10.0 Å². The molecule has 1 saturated heterocycles. The number of rotatable bonds is 6. The third-order valence-corrected chi connectivity index (χ3v) is 5.43. The van der Waals surface area contributed by atoms with E-state index in [1.807, 2.05) is 31.3 Å². The maximum absolute atomic E-state index is 13.1. The number of carbonyl (C=O) groups is 2. The number of amides is 2. The summed E-state index contributed by atoms with van der Waals surface area (Å²) in [5.41, 5.74) is 2.23. The average molecular weight is 487 g/mol. The Kier molecular flexibility index (Phi) is 6.47. The van der Waals surface area contributed by atoms with Crippen LogP contribution in [0, 0.1) is 0 Å². The number of ether oxygens (including phenoxy) is 1. The van der Waals surface area contributed by atoms with E-state index in [4.69, 9.17) is 4.74 Å². The highest BCUT2D eigenvalue weighted by Gasteiger charge is 2.26. The van der Waals surface area contributed by atoms with Gasteiger partial charge in [-0.05, 0) is 40.5 Å². The number of nitrogens with one attached hydrogen (secondary N) is 1. The molecule has 2 aromatic heterocycles. The van der Waals surface area contributed by atoms with Crippen LogP contribution in [0.2, 0.25) is 0 Å². The first kappa shape index (κ1) is 21.3. The summed E-state index contributed by atoms with van der Waals surface area (Å²) in [6.45, 7) is 5.03. The molecule has 0 saturated carbocycles. The molecule has 1 fully saturated rings. The zero-order valence-electron chi connectivity index (χ0n) is 17.1. The zero-order chi connectivity index (χ0) is 21.8. The highest BCUT2D eigenvalue weighted by atomic mass is 79.9. The molecule has 2 amide bonds. The van der Waals surface area contributed by atoms with Gasteiger partial charge in [0.15, 0.2) is 0 Å². The molecule has 0 bridgehead atoms. The van der Waals surface area contributed by atoms with E-state index in [1.54, 1.807) is 26.5 Å². The van der Waals surface area contributed by atoms with Crippen molar-refractivity contribution in [2.75, 3.05) is 31.6 Å². The number of carbonyl (C=O) groups excluding carboxylic acids is 2. The predicted octanol–water partition coefficient (Wildman–Crippen LogP) is 2.64. The zero-order valence-corrected chi connectivity index (χ0v) is 18.7. The molecule has 1 aliphatic rings. The standard InChI is InChI=1S/C21H23BrN6O3/c1-2-28-19(21(30)26-6-8-31-9-7-26)18(12-24-28)25-20(29)16-5-3-4-15(10-16)13-27-14-17(22)11-23-27/h3-5,10-12,14H,2,6-9,13H2,1H3,(H,25,29). The first-order chi connectivity index (χ1) is 15.0. The van der Waals surface area contributed by atoms with Gasteiger partial charge < -0.3 is 15.0 Å². The number of benzene rings is 1. The van der Waals surface area contributed by atoms with Crippen LogP contribution in [0.3, 0.4) is 0 Å². The summed E-state index contributed by atoms with van der Waals surface area (Å²) in [4.78, 5) is 27.8. The quantitative estimate of drug-likeness (QED) is 0.577. The number of hydrogen-bond donors (Lipinski definition) is 1. The van der Waals surface area contributed by atoms with Crippen LogP contribution in [-0.2, 0) is 17.8 Å². The Morgan fingerprint density at radius 1 is 1.19 bits per heavy atom. The average Bonchev–Trinajstić information content (AvgIpc) is 3.39. The van der Waals surface area contributed by atoms with Crippen LogP contribution >= 0.6 is 15.9 Å². The first-order valence-electron chi connectivity index (χ1n) is 10.1. The largest absolute Gasteiger partial charge is 0.378 e. The summed E-state index contributed by atoms with van der Waals surface area (Å²) in [7, 11) is 0. The van der Waals surface area contributed by atoms with Gasteiger partial charge in [-0.2, -0.15) is 10.2 Å². The summed E-state index contributed by atoms with van der Waals surface area (Å²) in [5, 5.41) is 11.4. The number of morpholine rings is 1. The lowest BCUT2D eigenvalue weighted by atomic mass is 10.1. The lowest BCUT2D eigenvalue weighted by Crippen LogP contribution is -2.41. The topological polar surface area (TPSA) is 94.3 Å². The van der Waals surface area contributed by atoms with Gasteiger partial charge in [-0.1, -0.05) is 12.1 Å². The van der Waals surface area contributed by atoms with E-state index in [1.165, 1.54) is 6.20 Å². The normalized spacial score (nSPS) is 13.9. The monoisotopic (exact) mass is 486 g/mol. The lowest BCUT2D eigenvalue weighted by molar-refractivity contribution is 0.0295. The smallest absolute Gasteiger partial charge is 0.274 e. The molecule has 1 aromatic carbocycles. The predicted molar refractivity (Wildman–Crippen MR) is 118 cm³/mol. The number of aryl methyl sites for hydroxylation is 1. The molecular formula is C21H23BrN6O3. The maximum atomic E-state index is 13.1. The molecule has 162 valence electrons. The summed E-state index contributed by atoms with van der Waals surface area (Å²) < 4.78 is 9.63. The van der Waals surface area contributed by atoms with Crippen molar-refractivity contribution in [1.29, 1.82) is 0 Å². The summed E-state index contributed by atoms with van der Waals surface area (Å²) >= 11 is 3.38. The molecule has 0 unspecified atom stereocenters. The highest BCUT2D eigenvalue weighted by Crippen LogP contribution is 2.20. The molecule has 4 rings (SSSR count). The van der Waals surface area contributed by atoms with Crippen molar-refractivity contribution in [3.8, 4) is 0 Å². The second-order valence-electron chi connectivity index (χ2n) is 7.14. The van der Waals surface area contributed by atoms with Gasteiger partial charge in [0.2, 0.25) is 0 Å². The number of aromatic nitrogens is 4. The number of halogens is 1. The van der Waals surface area contributed by atoms with Crippen molar-refractivity contribution in [3.63, 3.8) is 0 Å². The Labute approximate surface area is 188 Å². The Balaban J connectivity index is 1.53. The summed E-state index contributed by atoms with van der Waals surface area (Å²) in [6, 6.07) is 7.33. The fourth-order valence-corrected chi connectivity index (χ4v) is 3.80. The van der Waals surface area contributed by atoms with Crippen molar-refractivity contribution >= 4 is 33.4 Å². The third-order valence-electron chi connectivity index (χ3n) is 5.02. The molecule has 1 aliphatic heterocycles. The number of anilines is 1. The second-order valence-corrected chi connectivity index (χ2v) is 8.05. The lowest BCUT2D eigenvalue weighted by Gasteiger charge is -2.27. The maximum Gasteiger partial charge on any atom is 0.274 e. The minimum absolute atomic E-state index is 0.157. The van der Waals surface area contributed by atoms with Gasteiger partial charge >= 0.3 is 0 Å². The molecule has 0 atom stereocenters. The molecule has 9 nitrogen and oxygen atoms in total. The Bertz CT molecular complexity index is 1090. The van der Waals surface area contributed by atoms with E-state index in [0.29, 0.717) is 56.3 Å². The summed E-state index contributed by atoms with van der Waals surface area (Å²) in [5.74, 6) is -0.453. The van der Waals surface area contributed by atoms with Crippen LogP contribution in [0.5, 0.6) is 0 Å². The molecule has 1 N–H and O–H groups in total. The molecular weight excluding hydrogens is 464 g/mol. The van der Waals surface area contributed by atoms with Crippen LogP contribution in [-0.4, -0.2) is 62.6 Å². The first-order valence-corrected chi connectivity index (χ1v) is 10.9. The van der Waals surface area contributed by atoms with E-state index in [9.17, 15) is 9.59 Å². The van der Waals surface area contributed by atoms with Crippen molar-refractivity contribution in [1.82, 2.24) is 24.5 Å². The van der Waals surface area contributed by atoms with Crippen LogP contribution in [0.1, 0.15) is 33.3 Å². The van der Waals surface area contributed by atoms with Crippen LogP contribution < -0.4 is 5.32 Å². The Morgan fingerprint density at radius 2 is 2.00 bits per heavy atom. The fourth-order valence-electron chi connectivity index (χ4n) is 3.48. The van der Waals surface area contributed by atoms with Gasteiger partial charge in [-0.25, -0.2) is 0 Å². The highest BCUT2D eigenvalue weighted by molar-refractivity contribution is 9.10. The number of hydrogen-bond acceptors (Lipinski definition) is 5.